The Bertz CT molecular complexity index is 284. The van der Waals surface area contributed by atoms with Crippen LogP contribution in [0.3, 0.4) is 0 Å². The van der Waals surface area contributed by atoms with E-state index in [1.165, 1.54) is 45.3 Å². The van der Waals surface area contributed by atoms with Crippen molar-refractivity contribution in [3.8, 4) is 0 Å². The molecule has 0 bridgehead atoms. The van der Waals surface area contributed by atoms with Crippen molar-refractivity contribution in [1.82, 2.24) is 4.90 Å². The molecular formula is C18H35NO3. The third kappa shape index (κ3) is 6.53. The summed E-state index contributed by atoms with van der Waals surface area (Å²) in [6, 6.07) is 0. The molecular weight excluding hydrogens is 278 g/mol. The van der Waals surface area contributed by atoms with Crippen molar-refractivity contribution in [3.05, 3.63) is 0 Å². The van der Waals surface area contributed by atoms with Gasteiger partial charge in [0, 0.05) is 40.0 Å². The number of piperidine rings is 1. The first-order chi connectivity index (χ1) is 10.7. The van der Waals surface area contributed by atoms with E-state index in [4.69, 9.17) is 14.2 Å². The highest BCUT2D eigenvalue weighted by Crippen LogP contribution is 2.31. The molecule has 1 heterocycles. The van der Waals surface area contributed by atoms with E-state index in [9.17, 15) is 0 Å². The second-order valence-electron chi connectivity index (χ2n) is 7.19. The topological polar surface area (TPSA) is 30.9 Å². The van der Waals surface area contributed by atoms with Crippen molar-refractivity contribution in [1.29, 1.82) is 0 Å². The molecule has 4 nitrogen and oxygen atoms in total. The number of nitrogens with zero attached hydrogens (tertiary/aromatic N) is 1. The predicted molar refractivity (Wildman–Crippen MR) is 89.3 cm³/mol. The van der Waals surface area contributed by atoms with E-state index in [0.29, 0.717) is 18.3 Å². The Morgan fingerprint density at radius 2 is 1.68 bits per heavy atom. The fourth-order valence-corrected chi connectivity index (χ4v) is 3.41. The number of ether oxygens (including phenoxy) is 3. The van der Waals surface area contributed by atoms with Crippen LogP contribution in [0.25, 0.3) is 0 Å². The van der Waals surface area contributed by atoms with Crippen molar-refractivity contribution in [3.63, 3.8) is 0 Å². The average molecular weight is 313 g/mol. The van der Waals surface area contributed by atoms with Gasteiger partial charge in [-0.15, -0.1) is 0 Å². The van der Waals surface area contributed by atoms with Gasteiger partial charge >= 0.3 is 0 Å². The smallest absolute Gasteiger partial charge is 0.0599 e. The van der Waals surface area contributed by atoms with Gasteiger partial charge in [-0.1, -0.05) is 0 Å². The maximum absolute atomic E-state index is 6.02. The molecule has 0 aromatic carbocycles. The van der Waals surface area contributed by atoms with Gasteiger partial charge in [0.2, 0.25) is 0 Å². The summed E-state index contributed by atoms with van der Waals surface area (Å²) in [6.45, 7) is 9.60. The molecule has 0 spiro atoms. The molecule has 2 aliphatic rings. The fraction of sp³-hybridized carbons (Fsp3) is 1.00. The van der Waals surface area contributed by atoms with E-state index in [2.05, 4.69) is 18.7 Å². The minimum atomic E-state index is 0.347. The SMILES string of the molecule is COC1CC(CN2CCC(OCCCCOC(C)C)CC2)C1. The highest BCUT2D eigenvalue weighted by Gasteiger charge is 2.31. The van der Waals surface area contributed by atoms with Crippen LogP contribution in [0.2, 0.25) is 0 Å². The largest absolute Gasteiger partial charge is 0.381 e. The second kappa shape index (κ2) is 9.86. The molecule has 1 saturated heterocycles. The van der Waals surface area contributed by atoms with E-state index in [0.717, 1.165) is 32.0 Å². The first-order valence-corrected chi connectivity index (χ1v) is 9.15. The third-order valence-electron chi connectivity index (χ3n) is 4.92. The maximum Gasteiger partial charge on any atom is 0.0599 e. The van der Waals surface area contributed by atoms with E-state index in [-0.39, 0.29) is 0 Å². The molecule has 1 aliphatic carbocycles. The number of unbranched alkanes of at least 4 members (excludes halogenated alkanes) is 1. The van der Waals surface area contributed by atoms with Crippen molar-refractivity contribution >= 4 is 0 Å². The van der Waals surface area contributed by atoms with E-state index >= 15 is 0 Å². The van der Waals surface area contributed by atoms with Crippen LogP contribution >= 0.6 is 0 Å². The van der Waals surface area contributed by atoms with Crippen molar-refractivity contribution in [2.24, 2.45) is 5.92 Å². The lowest BCUT2D eigenvalue weighted by Gasteiger charge is -2.40. The molecule has 2 rings (SSSR count). The van der Waals surface area contributed by atoms with E-state index in [1.54, 1.807) is 0 Å². The molecule has 130 valence electrons. The third-order valence-corrected chi connectivity index (χ3v) is 4.92. The van der Waals surface area contributed by atoms with Gasteiger partial charge in [-0.2, -0.15) is 0 Å². The van der Waals surface area contributed by atoms with Crippen LogP contribution in [0.4, 0.5) is 0 Å². The summed E-state index contributed by atoms with van der Waals surface area (Å²) in [4.78, 5) is 2.62. The molecule has 0 radical (unpaired) electrons. The molecule has 0 unspecified atom stereocenters. The fourth-order valence-electron chi connectivity index (χ4n) is 3.41. The van der Waals surface area contributed by atoms with Gasteiger partial charge in [0.25, 0.3) is 0 Å². The molecule has 4 heteroatoms. The molecule has 0 aromatic heterocycles. The van der Waals surface area contributed by atoms with Crippen molar-refractivity contribution in [2.45, 2.75) is 70.7 Å². The molecule has 0 aromatic rings. The zero-order chi connectivity index (χ0) is 15.8. The van der Waals surface area contributed by atoms with E-state index < -0.39 is 0 Å². The normalized spacial score (nSPS) is 27.3. The summed E-state index contributed by atoms with van der Waals surface area (Å²) < 4.78 is 16.9. The zero-order valence-corrected chi connectivity index (χ0v) is 14.8. The standard InChI is InChI=1S/C18H35NO3/c1-15(2)21-10-4-5-11-22-17-6-8-19(9-7-17)14-16-12-18(13-16)20-3/h15-18H,4-14H2,1-3H3. The predicted octanol–water partition coefficient (Wildman–Crippen LogP) is 3.10. The summed E-state index contributed by atoms with van der Waals surface area (Å²) in [7, 11) is 1.83. The maximum atomic E-state index is 6.02. The van der Waals surface area contributed by atoms with Gasteiger partial charge in [-0.3, -0.25) is 0 Å². The lowest BCUT2D eigenvalue weighted by Crippen LogP contribution is -2.44. The summed E-state index contributed by atoms with van der Waals surface area (Å²) in [5.74, 6) is 0.864. The van der Waals surface area contributed by atoms with Crippen LogP contribution in [0.5, 0.6) is 0 Å². The number of hydrogen-bond acceptors (Lipinski definition) is 4. The number of methoxy groups -OCH3 is 1. The number of rotatable bonds is 10. The first-order valence-electron chi connectivity index (χ1n) is 9.15. The van der Waals surface area contributed by atoms with Crippen LogP contribution in [0, 0.1) is 5.92 Å². The van der Waals surface area contributed by atoms with Gasteiger partial charge < -0.3 is 19.1 Å². The quantitative estimate of drug-likeness (QED) is 0.580. The van der Waals surface area contributed by atoms with Crippen LogP contribution in [0.15, 0.2) is 0 Å². The van der Waals surface area contributed by atoms with Crippen molar-refractivity contribution in [2.75, 3.05) is 40.0 Å². The van der Waals surface area contributed by atoms with Crippen LogP contribution in [0.1, 0.15) is 52.4 Å². The first kappa shape index (κ1) is 18.2. The summed E-state index contributed by atoms with van der Waals surface area (Å²) in [6.07, 6.45) is 8.50. The van der Waals surface area contributed by atoms with Crippen molar-refractivity contribution < 1.29 is 14.2 Å². The minimum absolute atomic E-state index is 0.347. The van der Waals surface area contributed by atoms with Gasteiger partial charge in [0.15, 0.2) is 0 Å². The monoisotopic (exact) mass is 313 g/mol. The zero-order valence-electron chi connectivity index (χ0n) is 14.8. The van der Waals surface area contributed by atoms with E-state index in [1.807, 2.05) is 7.11 Å². The molecule has 0 amide bonds. The Balaban J connectivity index is 1.44. The Hall–Kier alpha value is -0.160. The van der Waals surface area contributed by atoms with Gasteiger partial charge in [-0.05, 0) is 58.3 Å². The van der Waals surface area contributed by atoms with Crippen LogP contribution in [-0.4, -0.2) is 63.2 Å². The van der Waals surface area contributed by atoms with Crippen LogP contribution in [-0.2, 0) is 14.2 Å². The van der Waals surface area contributed by atoms with Gasteiger partial charge in [0.05, 0.1) is 18.3 Å². The molecule has 2 fully saturated rings. The molecule has 22 heavy (non-hydrogen) atoms. The lowest BCUT2D eigenvalue weighted by atomic mass is 9.81. The second-order valence-corrected chi connectivity index (χ2v) is 7.19. The minimum Gasteiger partial charge on any atom is -0.381 e. The summed E-state index contributed by atoms with van der Waals surface area (Å²) in [5, 5.41) is 0. The number of likely N-dealkylation sites (tertiary alicyclic amines) is 1. The van der Waals surface area contributed by atoms with Gasteiger partial charge in [0.1, 0.15) is 0 Å². The molecule has 0 N–H and O–H groups in total. The van der Waals surface area contributed by atoms with Gasteiger partial charge in [-0.25, -0.2) is 0 Å². The average Bonchev–Trinajstić information content (AvgIpc) is 2.47. The molecule has 1 saturated carbocycles. The highest BCUT2D eigenvalue weighted by molar-refractivity contribution is 4.84. The summed E-state index contributed by atoms with van der Waals surface area (Å²) in [5.41, 5.74) is 0. The number of hydrogen-bond donors (Lipinski definition) is 0. The lowest BCUT2D eigenvalue weighted by molar-refractivity contribution is -0.0290. The summed E-state index contributed by atoms with van der Waals surface area (Å²) >= 11 is 0. The Labute approximate surface area is 136 Å². The molecule has 1 aliphatic heterocycles. The Morgan fingerprint density at radius 1 is 1.00 bits per heavy atom. The van der Waals surface area contributed by atoms with Crippen LogP contribution < -0.4 is 0 Å². The highest BCUT2D eigenvalue weighted by atomic mass is 16.5. The molecule has 0 atom stereocenters. The Morgan fingerprint density at radius 3 is 2.32 bits per heavy atom. The Kier molecular flexibility index (Phi) is 8.15.